The Labute approximate surface area is 113 Å². The highest BCUT2D eigenvalue weighted by Crippen LogP contribution is 2.20. The normalized spacial score (nSPS) is 11.8. The van der Waals surface area contributed by atoms with Crippen LogP contribution in [-0.2, 0) is 6.54 Å². The van der Waals surface area contributed by atoms with Crippen molar-refractivity contribution in [2.75, 3.05) is 34.2 Å². The molecule has 1 aromatic carbocycles. The second-order valence-corrected chi connectivity index (χ2v) is 5.75. The van der Waals surface area contributed by atoms with E-state index in [1.807, 2.05) is 0 Å². The van der Waals surface area contributed by atoms with Crippen molar-refractivity contribution in [2.45, 2.75) is 32.7 Å². The minimum atomic E-state index is 0.608. The lowest BCUT2D eigenvalue weighted by Gasteiger charge is -2.21. The number of hydrogen-bond acceptors (Lipinski definition) is 2. The van der Waals surface area contributed by atoms with Crippen LogP contribution in [0.3, 0.4) is 0 Å². The van der Waals surface area contributed by atoms with Crippen molar-refractivity contribution in [3.8, 4) is 0 Å². The fourth-order valence-corrected chi connectivity index (χ4v) is 2.27. The van der Waals surface area contributed by atoms with E-state index in [1.54, 1.807) is 0 Å². The van der Waals surface area contributed by atoms with Crippen molar-refractivity contribution in [1.82, 2.24) is 9.80 Å². The average molecular weight is 248 g/mol. The van der Waals surface area contributed by atoms with E-state index < -0.39 is 0 Å². The van der Waals surface area contributed by atoms with E-state index in [9.17, 15) is 0 Å². The fourth-order valence-electron chi connectivity index (χ4n) is 2.27. The van der Waals surface area contributed by atoms with Gasteiger partial charge < -0.3 is 9.80 Å². The SMILES string of the molecule is CC(C)c1ccccc1CN(C)CCCN(C)C. The Morgan fingerprint density at radius 2 is 1.67 bits per heavy atom. The van der Waals surface area contributed by atoms with Crippen LogP contribution in [0.5, 0.6) is 0 Å². The molecule has 0 aliphatic rings. The molecule has 2 nitrogen and oxygen atoms in total. The molecule has 0 fully saturated rings. The largest absolute Gasteiger partial charge is 0.309 e. The van der Waals surface area contributed by atoms with Gasteiger partial charge in [0.25, 0.3) is 0 Å². The zero-order valence-electron chi connectivity index (χ0n) is 12.6. The maximum Gasteiger partial charge on any atom is 0.0233 e. The second-order valence-electron chi connectivity index (χ2n) is 5.75. The molecule has 102 valence electrons. The van der Waals surface area contributed by atoms with Gasteiger partial charge in [0.15, 0.2) is 0 Å². The molecule has 0 spiro atoms. The van der Waals surface area contributed by atoms with Gasteiger partial charge in [0.1, 0.15) is 0 Å². The third kappa shape index (κ3) is 5.19. The molecule has 0 heterocycles. The fraction of sp³-hybridized carbons (Fsp3) is 0.625. The van der Waals surface area contributed by atoms with Crippen LogP contribution in [0.2, 0.25) is 0 Å². The molecule has 0 bridgehead atoms. The minimum Gasteiger partial charge on any atom is -0.309 e. The van der Waals surface area contributed by atoms with Crippen LogP contribution in [0.25, 0.3) is 0 Å². The smallest absolute Gasteiger partial charge is 0.0233 e. The van der Waals surface area contributed by atoms with E-state index in [2.05, 4.69) is 69.1 Å². The third-order valence-corrected chi connectivity index (χ3v) is 3.26. The molecule has 0 aliphatic heterocycles. The van der Waals surface area contributed by atoms with Crippen LogP contribution in [0.1, 0.15) is 37.3 Å². The van der Waals surface area contributed by atoms with Gasteiger partial charge in [-0.3, -0.25) is 0 Å². The van der Waals surface area contributed by atoms with E-state index in [1.165, 1.54) is 17.5 Å². The molecular formula is C16H28N2. The Morgan fingerprint density at radius 1 is 1.00 bits per heavy atom. The van der Waals surface area contributed by atoms with Gasteiger partial charge in [-0.05, 0) is 57.7 Å². The molecule has 0 unspecified atom stereocenters. The van der Waals surface area contributed by atoms with Crippen molar-refractivity contribution in [1.29, 1.82) is 0 Å². The first kappa shape index (κ1) is 15.2. The van der Waals surface area contributed by atoms with Crippen LogP contribution < -0.4 is 0 Å². The Balaban J connectivity index is 2.51. The zero-order valence-corrected chi connectivity index (χ0v) is 12.6. The topological polar surface area (TPSA) is 6.48 Å². The highest BCUT2D eigenvalue weighted by Gasteiger charge is 2.07. The lowest BCUT2D eigenvalue weighted by atomic mass is 9.97. The molecule has 0 N–H and O–H groups in total. The highest BCUT2D eigenvalue weighted by atomic mass is 15.1. The van der Waals surface area contributed by atoms with Crippen molar-refractivity contribution in [2.24, 2.45) is 0 Å². The predicted octanol–water partition coefficient (Wildman–Crippen LogP) is 3.19. The van der Waals surface area contributed by atoms with Crippen molar-refractivity contribution >= 4 is 0 Å². The summed E-state index contributed by atoms with van der Waals surface area (Å²) < 4.78 is 0. The molecule has 18 heavy (non-hydrogen) atoms. The molecule has 2 heteroatoms. The monoisotopic (exact) mass is 248 g/mol. The molecule has 1 aromatic rings. The van der Waals surface area contributed by atoms with Crippen LogP contribution in [0.15, 0.2) is 24.3 Å². The molecule has 0 radical (unpaired) electrons. The third-order valence-electron chi connectivity index (χ3n) is 3.26. The molecule has 0 amide bonds. The lowest BCUT2D eigenvalue weighted by Crippen LogP contribution is -2.24. The maximum absolute atomic E-state index is 2.42. The van der Waals surface area contributed by atoms with Crippen LogP contribution in [-0.4, -0.2) is 44.0 Å². The molecule has 0 atom stereocenters. The van der Waals surface area contributed by atoms with E-state index in [-0.39, 0.29) is 0 Å². The van der Waals surface area contributed by atoms with Gasteiger partial charge in [-0.1, -0.05) is 38.1 Å². The van der Waals surface area contributed by atoms with Crippen LogP contribution in [0.4, 0.5) is 0 Å². The summed E-state index contributed by atoms with van der Waals surface area (Å²) in [6.07, 6.45) is 1.23. The van der Waals surface area contributed by atoms with Gasteiger partial charge in [0.05, 0.1) is 0 Å². The van der Waals surface area contributed by atoms with Crippen LogP contribution >= 0.6 is 0 Å². The van der Waals surface area contributed by atoms with Gasteiger partial charge in [-0.2, -0.15) is 0 Å². The first-order valence-electron chi connectivity index (χ1n) is 6.91. The van der Waals surface area contributed by atoms with E-state index in [4.69, 9.17) is 0 Å². The molecule has 0 saturated carbocycles. The summed E-state index contributed by atoms with van der Waals surface area (Å²) in [6, 6.07) is 8.81. The zero-order chi connectivity index (χ0) is 13.5. The highest BCUT2D eigenvalue weighted by molar-refractivity contribution is 5.29. The van der Waals surface area contributed by atoms with E-state index in [0.29, 0.717) is 5.92 Å². The van der Waals surface area contributed by atoms with Gasteiger partial charge in [0, 0.05) is 6.54 Å². The first-order chi connectivity index (χ1) is 8.50. The number of nitrogens with zero attached hydrogens (tertiary/aromatic N) is 2. The lowest BCUT2D eigenvalue weighted by molar-refractivity contribution is 0.294. The number of benzene rings is 1. The standard InChI is InChI=1S/C16H28N2/c1-14(2)16-10-7-6-9-15(16)13-18(5)12-8-11-17(3)4/h6-7,9-10,14H,8,11-13H2,1-5H3. The summed E-state index contributed by atoms with van der Waals surface area (Å²) in [6.45, 7) is 7.91. The summed E-state index contributed by atoms with van der Waals surface area (Å²) in [4.78, 5) is 4.67. The summed E-state index contributed by atoms with van der Waals surface area (Å²) in [5, 5.41) is 0. The van der Waals surface area contributed by atoms with E-state index >= 15 is 0 Å². The van der Waals surface area contributed by atoms with Gasteiger partial charge in [-0.25, -0.2) is 0 Å². The first-order valence-corrected chi connectivity index (χ1v) is 6.91. The average Bonchev–Trinajstić information content (AvgIpc) is 2.28. The number of rotatable bonds is 7. The van der Waals surface area contributed by atoms with Crippen LogP contribution in [0, 0.1) is 0 Å². The summed E-state index contributed by atoms with van der Waals surface area (Å²) in [5.41, 5.74) is 2.96. The Hall–Kier alpha value is -0.860. The molecular weight excluding hydrogens is 220 g/mol. The van der Waals surface area contributed by atoms with Crippen molar-refractivity contribution < 1.29 is 0 Å². The molecule has 0 aromatic heterocycles. The predicted molar refractivity (Wildman–Crippen MR) is 80.0 cm³/mol. The number of hydrogen-bond donors (Lipinski definition) is 0. The Kier molecular flexibility index (Phi) is 6.37. The maximum atomic E-state index is 2.42. The minimum absolute atomic E-state index is 0.608. The summed E-state index contributed by atoms with van der Waals surface area (Å²) >= 11 is 0. The Morgan fingerprint density at radius 3 is 2.28 bits per heavy atom. The molecule has 1 rings (SSSR count). The molecule has 0 saturated heterocycles. The van der Waals surface area contributed by atoms with E-state index in [0.717, 1.165) is 19.6 Å². The second kappa shape index (κ2) is 7.55. The van der Waals surface area contributed by atoms with Gasteiger partial charge >= 0.3 is 0 Å². The van der Waals surface area contributed by atoms with Gasteiger partial charge in [-0.15, -0.1) is 0 Å². The van der Waals surface area contributed by atoms with Crippen molar-refractivity contribution in [3.05, 3.63) is 35.4 Å². The summed E-state index contributed by atoms with van der Waals surface area (Å²) in [7, 11) is 6.48. The molecule has 0 aliphatic carbocycles. The Bertz CT molecular complexity index is 345. The van der Waals surface area contributed by atoms with Gasteiger partial charge in [0.2, 0.25) is 0 Å². The quantitative estimate of drug-likeness (QED) is 0.731. The summed E-state index contributed by atoms with van der Waals surface area (Å²) in [5.74, 6) is 0.608. The van der Waals surface area contributed by atoms with Crippen molar-refractivity contribution in [3.63, 3.8) is 0 Å².